The molecule has 0 bridgehead atoms. The Hall–Kier alpha value is -3.73. The van der Waals surface area contributed by atoms with Gasteiger partial charge in [-0.15, -0.1) is 0 Å². The van der Waals surface area contributed by atoms with Gasteiger partial charge in [-0.05, 0) is 29.7 Å². The first-order valence-electron chi connectivity index (χ1n) is 10.2. The van der Waals surface area contributed by atoms with Gasteiger partial charge in [-0.2, -0.15) is 4.98 Å². The highest BCUT2D eigenvalue weighted by molar-refractivity contribution is 5.98. The van der Waals surface area contributed by atoms with E-state index in [1.807, 2.05) is 30.3 Å². The van der Waals surface area contributed by atoms with Gasteiger partial charge in [0, 0.05) is 16.5 Å². The third-order valence-electron chi connectivity index (χ3n) is 5.44. The van der Waals surface area contributed by atoms with Gasteiger partial charge in [0.05, 0.1) is 24.9 Å². The van der Waals surface area contributed by atoms with Crippen molar-refractivity contribution >= 4 is 16.7 Å². The molecule has 0 fully saturated rings. The molecule has 5 nitrogen and oxygen atoms in total. The van der Waals surface area contributed by atoms with Gasteiger partial charge in [-0.3, -0.25) is 9.36 Å². The Labute approximate surface area is 181 Å². The first kappa shape index (κ1) is 20.5. The molecule has 156 valence electrons. The van der Waals surface area contributed by atoms with E-state index in [-0.39, 0.29) is 12.3 Å². The van der Waals surface area contributed by atoms with Crippen LogP contribution in [0.4, 0.5) is 0 Å². The molecule has 3 aromatic carbocycles. The summed E-state index contributed by atoms with van der Waals surface area (Å²) < 4.78 is 6.83. The summed E-state index contributed by atoms with van der Waals surface area (Å²) >= 11 is 0. The molecule has 0 unspecified atom stereocenters. The van der Waals surface area contributed by atoms with Crippen LogP contribution in [0.15, 0.2) is 77.6 Å². The highest BCUT2D eigenvalue weighted by Gasteiger charge is 2.16. The number of nitrogens with zero attached hydrogens (tertiary/aromatic N) is 2. The average Bonchev–Trinajstić information content (AvgIpc) is 2.80. The van der Waals surface area contributed by atoms with E-state index in [0.29, 0.717) is 28.4 Å². The van der Waals surface area contributed by atoms with Crippen LogP contribution in [0.2, 0.25) is 0 Å². The predicted molar refractivity (Wildman–Crippen MR) is 123 cm³/mol. The molecule has 0 amide bonds. The molecule has 5 heteroatoms. The van der Waals surface area contributed by atoms with Crippen LogP contribution >= 0.6 is 0 Å². The van der Waals surface area contributed by atoms with Crippen molar-refractivity contribution in [3.63, 3.8) is 0 Å². The Morgan fingerprint density at radius 3 is 2.35 bits per heavy atom. The Bertz CT molecular complexity index is 1290. The fourth-order valence-electron chi connectivity index (χ4n) is 3.64. The molecule has 0 aliphatic heterocycles. The van der Waals surface area contributed by atoms with Crippen molar-refractivity contribution in [1.82, 2.24) is 9.55 Å². The molecule has 0 saturated heterocycles. The van der Waals surface area contributed by atoms with E-state index in [2.05, 4.69) is 31.0 Å². The van der Waals surface area contributed by atoms with Crippen LogP contribution in [0.1, 0.15) is 35.7 Å². The lowest BCUT2D eigenvalue weighted by Crippen LogP contribution is -2.27. The number of Topliss-reactive ketones (excluding diaryl/α,β-unsaturated/α-hetero) is 1. The van der Waals surface area contributed by atoms with Gasteiger partial charge in [-0.25, -0.2) is 4.79 Å². The van der Waals surface area contributed by atoms with E-state index in [9.17, 15) is 9.59 Å². The van der Waals surface area contributed by atoms with Crippen LogP contribution in [-0.2, 0) is 6.54 Å². The lowest BCUT2D eigenvalue weighted by Gasteiger charge is -2.14. The van der Waals surface area contributed by atoms with Gasteiger partial charge in [0.1, 0.15) is 5.75 Å². The largest absolute Gasteiger partial charge is 0.497 e. The van der Waals surface area contributed by atoms with Crippen molar-refractivity contribution in [2.24, 2.45) is 0 Å². The summed E-state index contributed by atoms with van der Waals surface area (Å²) in [6.07, 6.45) is 0. The quantitative estimate of drug-likeness (QED) is 0.415. The summed E-state index contributed by atoms with van der Waals surface area (Å²) in [5.41, 5.74) is 3.40. The second kappa shape index (κ2) is 8.56. The minimum atomic E-state index is -0.454. The molecule has 0 spiro atoms. The lowest BCUT2D eigenvalue weighted by atomic mass is 9.99. The molecule has 0 aliphatic carbocycles. The number of aromatic nitrogens is 2. The van der Waals surface area contributed by atoms with Crippen molar-refractivity contribution in [1.29, 1.82) is 0 Å². The SMILES string of the molecule is COc1ccc2c(c1)c(-c1ccc(C(C)C)cc1)nc(=O)n2CC(=O)c1ccccc1. The van der Waals surface area contributed by atoms with E-state index < -0.39 is 5.69 Å². The first-order chi connectivity index (χ1) is 15.0. The monoisotopic (exact) mass is 412 g/mol. The predicted octanol–water partition coefficient (Wildman–Crippen LogP) is 5.08. The molecule has 1 aromatic heterocycles. The molecular formula is C26H24N2O3. The van der Waals surface area contributed by atoms with Crippen LogP contribution < -0.4 is 10.4 Å². The molecule has 0 N–H and O–H groups in total. The maximum atomic E-state index is 13.0. The van der Waals surface area contributed by atoms with Crippen LogP contribution in [0.5, 0.6) is 5.75 Å². The standard InChI is InChI=1S/C26H24N2O3/c1-17(2)18-9-11-20(12-10-18)25-22-15-21(31-3)13-14-23(22)28(26(30)27-25)16-24(29)19-7-5-4-6-8-19/h4-15,17H,16H2,1-3H3. The highest BCUT2D eigenvalue weighted by Crippen LogP contribution is 2.29. The molecule has 0 saturated carbocycles. The molecule has 31 heavy (non-hydrogen) atoms. The molecule has 4 rings (SSSR count). The highest BCUT2D eigenvalue weighted by atomic mass is 16.5. The Kier molecular flexibility index (Phi) is 5.67. The lowest BCUT2D eigenvalue weighted by molar-refractivity contribution is 0.0972. The second-order valence-corrected chi connectivity index (χ2v) is 7.78. The minimum absolute atomic E-state index is 0.0781. The van der Waals surface area contributed by atoms with Gasteiger partial charge in [0.2, 0.25) is 0 Å². The molecular weight excluding hydrogens is 388 g/mol. The zero-order chi connectivity index (χ0) is 22.0. The number of hydrogen-bond acceptors (Lipinski definition) is 4. The van der Waals surface area contributed by atoms with Gasteiger partial charge in [-0.1, -0.05) is 68.4 Å². The number of benzene rings is 3. The molecule has 0 aliphatic rings. The van der Waals surface area contributed by atoms with E-state index >= 15 is 0 Å². The molecule has 4 aromatic rings. The van der Waals surface area contributed by atoms with E-state index in [4.69, 9.17) is 4.74 Å². The van der Waals surface area contributed by atoms with Crippen molar-refractivity contribution in [3.8, 4) is 17.0 Å². The number of rotatable bonds is 6. The van der Waals surface area contributed by atoms with E-state index in [1.165, 1.54) is 10.1 Å². The Morgan fingerprint density at radius 1 is 1.00 bits per heavy atom. The van der Waals surface area contributed by atoms with Crippen molar-refractivity contribution in [3.05, 3.63) is 94.4 Å². The molecule has 1 heterocycles. The normalized spacial score (nSPS) is 11.1. The summed E-state index contributed by atoms with van der Waals surface area (Å²) in [5.74, 6) is 0.931. The summed E-state index contributed by atoms with van der Waals surface area (Å²) in [4.78, 5) is 30.1. The number of ketones is 1. The van der Waals surface area contributed by atoms with E-state index in [1.54, 1.807) is 37.4 Å². The number of fused-ring (bicyclic) bond motifs is 1. The zero-order valence-electron chi connectivity index (χ0n) is 17.8. The molecule has 0 atom stereocenters. The summed E-state index contributed by atoms with van der Waals surface area (Å²) in [5, 5.41) is 0.761. The average molecular weight is 412 g/mol. The maximum Gasteiger partial charge on any atom is 0.349 e. The van der Waals surface area contributed by atoms with E-state index in [0.717, 1.165) is 10.9 Å². The second-order valence-electron chi connectivity index (χ2n) is 7.78. The fourth-order valence-corrected chi connectivity index (χ4v) is 3.64. The first-order valence-corrected chi connectivity index (χ1v) is 10.2. The van der Waals surface area contributed by atoms with Crippen LogP contribution in [0.3, 0.4) is 0 Å². The third-order valence-corrected chi connectivity index (χ3v) is 5.44. The zero-order valence-corrected chi connectivity index (χ0v) is 17.8. The Balaban J connectivity index is 1.86. The van der Waals surface area contributed by atoms with Gasteiger partial charge >= 0.3 is 5.69 Å². The molecule has 0 radical (unpaired) electrons. The summed E-state index contributed by atoms with van der Waals surface area (Å²) in [7, 11) is 1.60. The van der Waals surface area contributed by atoms with Crippen LogP contribution in [0, 0.1) is 0 Å². The number of carbonyl (C=O) groups excluding carboxylic acids is 1. The van der Waals surface area contributed by atoms with Crippen molar-refractivity contribution in [2.45, 2.75) is 26.3 Å². The fraction of sp³-hybridized carbons (Fsp3) is 0.192. The van der Waals surface area contributed by atoms with Crippen molar-refractivity contribution < 1.29 is 9.53 Å². The number of carbonyl (C=O) groups is 1. The minimum Gasteiger partial charge on any atom is -0.497 e. The smallest absolute Gasteiger partial charge is 0.349 e. The number of methoxy groups -OCH3 is 1. The summed E-state index contributed by atoms with van der Waals surface area (Å²) in [6, 6.07) is 22.5. The summed E-state index contributed by atoms with van der Waals surface area (Å²) in [6.45, 7) is 4.20. The number of hydrogen-bond donors (Lipinski definition) is 0. The van der Waals surface area contributed by atoms with Gasteiger partial charge in [0.25, 0.3) is 0 Å². The Morgan fingerprint density at radius 2 is 1.71 bits per heavy atom. The van der Waals surface area contributed by atoms with Crippen LogP contribution in [0.25, 0.3) is 22.2 Å². The van der Waals surface area contributed by atoms with Crippen LogP contribution in [-0.4, -0.2) is 22.4 Å². The topological polar surface area (TPSA) is 61.2 Å². The van der Waals surface area contributed by atoms with Gasteiger partial charge in [0.15, 0.2) is 5.78 Å². The number of ether oxygens (including phenoxy) is 1. The maximum absolute atomic E-state index is 13.0. The third kappa shape index (κ3) is 4.12. The van der Waals surface area contributed by atoms with Crippen molar-refractivity contribution in [2.75, 3.05) is 7.11 Å². The van der Waals surface area contributed by atoms with Gasteiger partial charge < -0.3 is 4.74 Å².